The molecule has 0 saturated heterocycles. The number of benzene rings is 1. The summed E-state index contributed by atoms with van der Waals surface area (Å²) >= 11 is 0. The van der Waals surface area contributed by atoms with Crippen LogP contribution in [0, 0.1) is 6.92 Å². The van der Waals surface area contributed by atoms with E-state index in [0.717, 1.165) is 56.5 Å². The molecule has 1 aromatic carbocycles. The molecule has 2 N–H and O–H groups in total. The van der Waals surface area contributed by atoms with Gasteiger partial charge in [-0.1, -0.05) is 43.7 Å². The number of nitrogens with one attached hydrogen (secondary N) is 2. The predicted molar refractivity (Wildman–Crippen MR) is 135 cm³/mol. The standard InChI is InChI=1S/C22H37N7.HI/c1-6-7-14-23-22(25-16-21-27-26-19(3)29(21)5)24-15-13-18(2)28(4)17-20-11-9-8-10-12-20;/h8-12,18H,6-7,13-17H2,1-5H3,(H2,23,24,25);1H. The Morgan fingerprint density at radius 1 is 1.17 bits per heavy atom. The summed E-state index contributed by atoms with van der Waals surface area (Å²) in [5.41, 5.74) is 1.34. The maximum atomic E-state index is 4.71. The van der Waals surface area contributed by atoms with Crippen LogP contribution >= 0.6 is 24.0 Å². The Morgan fingerprint density at radius 2 is 1.87 bits per heavy atom. The average molecular weight is 527 g/mol. The minimum atomic E-state index is 0. The van der Waals surface area contributed by atoms with Crippen LogP contribution < -0.4 is 10.6 Å². The van der Waals surface area contributed by atoms with E-state index in [2.05, 4.69) is 77.0 Å². The lowest BCUT2D eigenvalue weighted by molar-refractivity contribution is 0.238. The molecule has 0 saturated carbocycles. The third-order valence-corrected chi connectivity index (χ3v) is 5.27. The summed E-state index contributed by atoms with van der Waals surface area (Å²) in [6.07, 6.45) is 3.32. The van der Waals surface area contributed by atoms with Crippen LogP contribution in [0.15, 0.2) is 35.3 Å². The van der Waals surface area contributed by atoms with E-state index in [1.54, 1.807) is 0 Å². The van der Waals surface area contributed by atoms with Crippen molar-refractivity contribution >= 4 is 29.9 Å². The normalized spacial score (nSPS) is 12.5. The highest BCUT2D eigenvalue weighted by Crippen LogP contribution is 2.08. The van der Waals surface area contributed by atoms with Gasteiger partial charge in [0.25, 0.3) is 0 Å². The van der Waals surface area contributed by atoms with E-state index in [4.69, 9.17) is 4.99 Å². The van der Waals surface area contributed by atoms with Gasteiger partial charge in [0.2, 0.25) is 0 Å². The third-order valence-electron chi connectivity index (χ3n) is 5.27. The van der Waals surface area contributed by atoms with Crippen LogP contribution in [0.3, 0.4) is 0 Å². The molecule has 0 amide bonds. The molecule has 1 unspecified atom stereocenters. The van der Waals surface area contributed by atoms with Crippen molar-refractivity contribution in [2.24, 2.45) is 12.0 Å². The number of unbranched alkanes of at least 4 members (excludes halogenated alkanes) is 1. The van der Waals surface area contributed by atoms with E-state index < -0.39 is 0 Å². The largest absolute Gasteiger partial charge is 0.356 e. The van der Waals surface area contributed by atoms with Gasteiger partial charge in [-0.2, -0.15) is 0 Å². The van der Waals surface area contributed by atoms with E-state index in [1.807, 2.05) is 18.5 Å². The molecule has 0 aliphatic rings. The zero-order valence-corrected chi connectivity index (χ0v) is 21.4. The van der Waals surface area contributed by atoms with E-state index in [0.29, 0.717) is 12.6 Å². The monoisotopic (exact) mass is 527 g/mol. The van der Waals surface area contributed by atoms with Gasteiger partial charge in [-0.25, -0.2) is 4.99 Å². The fourth-order valence-corrected chi connectivity index (χ4v) is 2.94. The Bertz CT molecular complexity index is 745. The highest BCUT2D eigenvalue weighted by atomic mass is 127. The van der Waals surface area contributed by atoms with Crippen LogP contribution in [0.1, 0.15) is 50.3 Å². The fraction of sp³-hybridized carbons (Fsp3) is 0.591. The van der Waals surface area contributed by atoms with Crippen molar-refractivity contribution in [3.05, 3.63) is 47.5 Å². The molecule has 2 rings (SSSR count). The van der Waals surface area contributed by atoms with Gasteiger partial charge < -0.3 is 15.2 Å². The van der Waals surface area contributed by atoms with Gasteiger partial charge in [0.1, 0.15) is 12.4 Å². The van der Waals surface area contributed by atoms with Crippen molar-refractivity contribution in [3.8, 4) is 0 Å². The zero-order valence-electron chi connectivity index (χ0n) is 19.1. The molecule has 1 atom stereocenters. The van der Waals surface area contributed by atoms with Gasteiger partial charge in [0.15, 0.2) is 11.8 Å². The molecule has 0 radical (unpaired) electrons. The first-order chi connectivity index (χ1) is 14.0. The Hall–Kier alpha value is -1.68. The first-order valence-electron chi connectivity index (χ1n) is 10.6. The average Bonchev–Trinajstić information content (AvgIpc) is 3.04. The number of guanidine groups is 1. The van der Waals surface area contributed by atoms with E-state index in [-0.39, 0.29) is 24.0 Å². The second kappa shape index (κ2) is 14.3. The topological polar surface area (TPSA) is 70.4 Å². The molecule has 1 heterocycles. The molecule has 0 aliphatic carbocycles. The number of hydrogen-bond donors (Lipinski definition) is 2. The summed E-state index contributed by atoms with van der Waals surface area (Å²) in [6, 6.07) is 11.1. The maximum absolute atomic E-state index is 4.71. The molecule has 30 heavy (non-hydrogen) atoms. The Balaban J connectivity index is 0.00000450. The SMILES string of the molecule is CCCCNC(=NCc1nnc(C)n1C)NCCC(C)N(C)Cc1ccccc1.I. The van der Waals surface area contributed by atoms with Gasteiger partial charge in [0.05, 0.1) is 0 Å². The molecule has 2 aromatic rings. The van der Waals surface area contributed by atoms with E-state index in [1.165, 1.54) is 5.56 Å². The van der Waals surface area contributed by atoms with Crippen LogP contribution in [0.25, 0.3) is 0 Å². The van der Waals surface area contributed by atoms with Gasteiger partial charge >= 0.3 is 0 Å². The van der Waals surface area contributed by atoms with Crippen LogP contribution in [0.5, 0.6) is 0 Å². The maximum Gasteiger partial charge on any atom is 0.191 e. The lowest BCUT2D eigenvalue weighted by Crippen LogP contribution is -2.40. The number of aryl methyl sites for hydroxylation is 1. The number of nitrogens with zero attached hydrogens (tertiary/aromatic N) is 5. The first-order valence-corrected chi connectivity index (χ1v) is 10.6. The van der Waals surface area contributed by atoms with Gasteiger partial charge in [0, 0.05) is 32.7 Å². The summed E-state index contributed by atoms with van der Waals surface area (Å²) in [7, 11) is 4.16. The second-order valence-corrected chi connectivity index (χ2v) is 7.63. The number of aromatic nitrogens is 3. The van der Waals surface area contributed by atoms with Crippen LogP contribution in [0.2, 0.25) is 0 Å². The molecule has 168 valence electrons. The molecular weight excluding hydrogens is 489 g/mol. The van der Waals surface area contributed by atoms with Crippen molar-refractivity contribution in [2.45, 2.75) is 59.2 Å². The van der Waals surface area contributed by atoms with Crippen molar-refractivity contribution in [3.63, 3.8) is 0 Å². The molecule has 0 aliphatic heterocycles. The second-order valence-electron chi connectivity index (χ2n) is 7.63. The minimum absolute atomic E-state index is 0. The van der Waals surface area contributed by atoms with Gasteiger partial charge in [-0.3, -0.25) is 4.90 Å². The molecule has 8 heteroatoms. The summed E-state index contributed by atoms with van der Waals surface area (Å²) in [6.45, 7) is 9.68. The quantitative estimate of drug-likeness (QED) is 0.203. The molecule has 7 nitrogen and oxygen atoms in total. The summed E-state index contributed by atoms with van der Waals surface area (Å²) in [5, 5.41) is 15.2. The van der Waals surface area contributed by atoms with Crippen LogP contribution in [-0.4, -0.2) is 51.8 Å². The molecular formula is C22H38IN7. The summed E-state index contributed by atoms with van der Waals surface area (Å²) in [5.74, 6) is 2.62. The molecule has 0 spiro atoms. The number of hydrogen-bond acceptors (Lipinski definition) is 4. The first kappa shape index (κ1) is 26.4. The van der Waals surface area contributed by atoms with Crippen molar-refractivity contribution < 1.29 is 0 Å². The highest BCUT2D eigenvalue weighted by Gasteiger charge is 2.10. The molecule has 0 fully saturated rings. The van der Waals surface area contributed by atoms with Gasteiger partial charge in [-0.05, 0) is 39.3 Å². The zero-order chi connectivity index (χ0) is 21.1. The Kier molecular flexibility index (Phi) is 12.6. The van der Waals surface area contributed by atoms with Crippen LogP contribution in [0.4, 0.5) is 0 Å². The van der Waals surface area contributed by atoms with Crippen molar-refractivity contribution in [1.29, 1.82) is 0 Å². The lowest BCUT2D eigenvalue weighted by atomic mass is 10.1. The Morgan fingerprint density at radius 3 is 2.50 bits per heavy atom. The van der Waals surface area contributed by atoms with Crippen LogP contribution in [-0.2, 0) is 20.1 Å². The van der Waals surface area contributed by atoms with Gasteiger partial charge in [-0.15, -0.1) is 34.2 Å². The number of aliphatic imine (C=N–C) groups is 1. The van der Waals surface area contributed by atoms with E-state index in [9.17, 15) is 0 Å². The van der Waals surface area contributed by atoms with Crippen molar-refractivity contribution in [2.75, 3.05) is 20.1 Å². The van der Waals surface area contributed by atoms with E-state index >= 15 is 0 Å². The number of rotatable bonds is 11. The predicted octanol–water partition coefficient (Wildman–Crippen LogP) is 3.49. The fourth-order valence-electron chi connectivity index (χ4n) is 2.94. The van der Waals surface area contributed by atoms with Crippen molar-refractivity contribution in [1.82, 2.24) is 30.3 Å². The smallest absolute Gasteiger partial charge is 0.191 e. The summed E-state index contributed by atoms with van der Waals surface area (Å²) in [4.78, 5) is 7.10. The minimum Gasteiger partial charge on any atom is -0.356 e. The Labute approximate surface area is 198 Å². The lowest BCUT2D eigenvalue weighted by Gasteiger charge is -2.25. The molecule has 0 bridgehead atoms. The highest BCUT2D eigenvalue weighted by molar-refractivity contribution is 14.0. The summed E-state index contributed by atoms with van der Waals surface area (Å²) < 4.78 is 1.98. The molecule has 1 aromatic heterocycles. The number of halogens is 1. The third kappa shape index (κ3) is 8.99.